The number of aromatic nitrogens is 3. The molecular formula is C17H25N7O. The quantitative estimate of drug-likeness (QED) is 0.857. The minimum atomic E-state index is -0.251. The molecule has 0 aromatic carbocycles. The van der Waals surface area contributed by atoms with Crippen molar-refractivity contribution in [1.29, 1.82) is 0 Å². The second kappa shape index (κ2) is 7.98. The summed E-state index contributed by atoms with van der Waals surface area (Å²) in [6, 6.07) is 3.78. The topological polar surface area (TPSA) is 78.3 Å². The Morgan fingerprint density at radius 2 is 2.00 bits per heavy atom. The lowest BCUT2D eigenvalue weighted by Gasteiger charge is -2.33. The number of nitrogens with one attached hydrogen (secondary N) is 2. The third-order valence-corrected chi connectivity index (χ3v) is 4.30. The van der Waals surface area contributed by atoms with E-state index in [0.29, 0.717) is 12.2 Å². The van der Waals surface area contributed by atoms with E-state index in [4.69, 9.17) is 0 Å². The Labute approximate surface area is 147 Å². The van der Waals surface area contributed by atoms with Crippen LogP contribution in [-0.4, -0.2) is 58.9 Å². The molecule has 0 atom stereocenters. The molecule has 2 amide bonds. The Balaban J connectivity index is 1.47. The molecule has 0 spiro atoms. The van der Waals surface area contributed by atoms with Crippen molar-refractivity contribution in [2.75, 3.05) is 43.4 Å². The van der Waals surface area contributed by atoms with Gasteiger partial charge >= 0.3 is 6.03 Å². The molecule has 0 bridgehead atoms. The number of urea groups is 1. The molecule has 1 saturated heterocycles. The molecule has 0 saturated carbocycles. The van der Waals surface area contributed by atoms with Crippen LogP contribution in [0.15, 0.2) is 30.7 Å². The van der Waals surface area contributed by atoms with Crippen molar-refractivity contribution < 1.29 is 4.79 Å². The predicted molar refractivity (Wildman–Crippen MR) is 97.7 cm³/mol. The van der Waals surface area contributed by atoms with Crippen LogP contribution in [0.25, 0.3) is 0 Å². The average Bonchev–Trinajstić information content (AvgIpc) is 3.09. The Hall–Kier alpha value is -2.61. The second-order valence-corrected chi connectivity index (χ2v) is 6.21. The van der Waals surface area contributed by atoms with Crippen molar-refractivity contribution in [3.63, 3.8) is 0 Å². The summed E-state index contributed by atoms with van der Waals surface area (Å²) < 4.78 is 1.76. The van der Waals surface area contributed by atoms with Gasteiger partial charge in [0.15, 0.2) is 0 Å². The van der Waals surface area contributed by atoms with Crippen LogP contribution in [0, 0.1) is 0 Å². The van der Waals surface area contributed by atoms with Crippen LogP contribution in [0.1, 0.15) is 12.5 Å². The Morgan fingerprint density at radius 3 is 2.64 bits per heavy atom. The lowest BCUT2D eigenvalue weighted by Crippen LogP contribution is -2.44. The standard InChI is InChI=1S/C17H25N7O/c1-3-24-13-15(12-20-24)21-17(25)19-11-14-4-5-16(18-10-14)23-8-6-22(2)7-9-23/h4-5,10,12-13H,3,6-9,11H2,1-2H3,(H2,19,21,25). The monoisotopic (exact) mass is 343 g/mol. The van der Waals surface area contributed by atoms with Gasteiger partial charge in [-0.3, -0.25) is 4.68 Å². The molecule has 3 heterocycles. The molecule has 1 aliphatic heterocycles. The fourth-order valence-electron chi connectivity index (χ4n) is 2.70. The zero-order chi connectivity index (χ0) is 17.6. The molecule has 0 radical (unpaired) electrons. The van der Waals surface area contributed by atoms with Gasteiger partial charge in [0.2, 0.25) is 0 Å². The van der Waals surface area contributed by atoms with E-state index < -0.39 is 0 Å². The van der Waals surface area contributed by atoms with E-state index in [0.717, 1.165) is 44.1 Å². The predicted octanol–water partition coefficient (Wildman–Crippen LogP) is 1.37. The number of carbonyl (C=O) groups excluding carboxylic acids is 1. The number of nitrogens with zero attached hydrogens (tertiary/aromatic N) is 5. The van der Waals surface area contributed by atoms with Crippen LogP contribution in [0.4, 0.5) is 16.3 Å². The molecule has 134 valence electrons. The van der Waals surface area contributed by atoms with Gasteiger partial charge in [-0.1, -0.05) is 6.07 Å². The van der Waals surface area contributed by atoms with Gasteiger partial charge in [-0.05, 0) is 25.6 Å². The van der Waals surface area contributed by atoms with E-state index in [-0.39, 0.29) is 6.03 Å². The minimum absolute atomic E-state index is 0.251. The molecular weight excluding hydrogens is 318 g/mol. The van der Waals surface area contributed by atoms with Gasteiger partial charge < -0.3 is 20.4 Å². The first-order valence-electron chi connectivity index (χ1n) is 8.60. The lowest BCUT2D eigenvalue weighted by atomic mass is 10.2. The van der Waals surface area contributed by atoms with Gasteiger partial charge in [0.05, 0.1) is 11.9 Å². The molecule has 3 rings (SSSR count). The van der Waals surface area contributed by atoms with Crippen LogP contribution >= 0.6 is 0 Å². The number of aryl methyl sites for hydroxylation is 1. The molecule has 0 unspecified atom stereocenters. The number of hydrogen-bond donors (Lipinski definition) is 2. The number of piperazine rings is 1. The molecule has 1 fully saturated rings. The summed E-state index contributed by atoms with van der Waals surface area (Å²) in [4.78, 5) is 21.1. The normalized spacial score (nSPS) is 15.2. The minimum Gasteiger partial charge on any atom is -0.354 e. The molecule has 0 aliphatic carbocycles. The van der Waals surface area contributed by atoms with E-state index in [1.54, 1.807) is 17.1 Å². The fourth-order valence-corrected chi connectivity index (χ4v) is 2.70. The summed E-state index contributed by atoms with van der Waals surface area (Å²) >= 11 is 0. The van der Waals surface area contributed by atoms with E-state index in [1.807, 2.05) is 25.3 Å². The SMILES string of the molecule is CCn1cc(NC(=O)NCc2ccc(N3CCN(C)CC3)nc2)cn1. The highest BCUT2D eigenvalue weighted by atomic mass is 16.2. The first-order valence-corrected chi connectivity index (χ1v) is 8.60. The third kappa shape index (κ3) is 4.69. The van der Waals surface area contributed by atoms with Gasteiger partial charge in [-0.25, -0.2) is 9.78 Å². The first kappa shape index (κ1) is 17.2. The molecule has 2 aromatic heterocycles. The van der Waals surface area contributed by atoms with Gasteiger partial charge in [0.1, 0.15) is 5.82 Å². The summed E-state index contributed by atoms with van der Waals surface area (Å²) in [6.45, 7) is 7.30. The highest BCUT2D eigenvalue weighted by Crippen LogP contribution is 2.13. The summed E-state index contributed by atoms with van der Waals surface area (Å²) in [5.74, 6) is 0.994. The lowest BCUT2D eigenvalue weighted by molar-refractivity contribution is 0.251. The third-order valence-electron chi connectivity index (χ3n) is 4.30. The summed E-state index contributed by atoms with van der Waals surface area (Å²) in [6.07, 6.45) is 5.25. The maximum atomic E-state index is 11.9. The number of carbonyl (C=O) groups is 1. The average molecular weight is 343 g/mol. The van der Waals surface area contributed by atoms with E-state index in [9.17, 15) is 4.79 Å². The highest BCUT2D eigenvalue weighted by molar-refractivity contribution is 5.88. The highest BCUT2D eigenvalue weighted by Gasteiger charge is 2.15. The maximum Gasteiger partial charge on any atom is 0.319 e. The number of anilines is 2. The van der Waals surface area contributed by atoms with Gasteiger partial charge in [-0.2, -0.15) is 5.10 Å². The number of hydrogen-bond acceptors (Lipinski definition) is 5. The number of pyridine rings is 1. The van der Waals surface area contributed by atoms with Gasteiger partial charge in [0, 0.05) is 51.7 Å². The zero-order valence-corrected chi connectivity index (χ0v) is 14.8. The van der Waals surface area contributed by atoms with Crippen LogP contribution in [0.2, 0.25) is 0 Å². The smallest absolute Gasteiger partial charge is 0.319 e. The number of rotatable bonds is 5. The van der Waals surface area contributed by atoms with Crippen molar-refractivity contribution in [2.24, 2.45) is 0 Å². The zero-order valence-electron chi connectivity index (χ0n) is 14.8. The molecule has 25 heavy (non-hydrogen) atoms. The Kier molecular flexibility index (Phi) is 5.49. The van der Waals surface area contributed by atoms with Crippen molar-refractivity contribution in [2.45, 2.75) is 20.0 Å². The van der Waals surface area contributed by atoms with Crippen LogP contribution in [0.3, 0.4) is 0 Å². The number of amides is 2. The second-order valence-electron chi connectivity index (χ2n) is 6.21. The maximum absolute atomic E-state index is 11.9. The molecule has 8 heteroatoms. The van der Waals surface area contributed by atoms with Crippen molar-refractivity contribution in [1.82, 2.24) is 25.0 Å². The Morgan fingerprint density at radius 1 is 1.20 bits per heavy atom. The van der Waals surface area contributed by atoms with Crippen LogP contribution < -0.4 is 15.5 Å². The molecule has 2 N–H and O–H groups in total. The summed E-state index contributed by atoms with van der Waals surface area (Å²) in [7, 11) is 2.14. The fraction of sp³-hybridized carbons (Fsp3) is 0.471. The van der Waals surface area contributed by atoms with E-state index in [1.165, 1.54) is 0 Å². The van der Waals surface area contributed by atoms with Crippen LogP contribution in [0.5, 0.6) is 0 Å². The molecule has 8 nitrogen and oxygen atoms in total. The van der Waals surface area contributed by atoms with E-state index >= 15 is 0 Å². The van der Waals surface area contributed by atoms with Gasteiger partial charge in [-0.15, -0.1) is 0 Å². The van der Waals surface area contributed by atoms with Crippen LogP contribution in [-0.2, 0) is 13.1 Å². The Bertz CT molecular complexity index is 689. The van der Waals surface area contributed by atoms with Crippen molar-refractivity contribution >= 4 is 17.5 Å². The molecule has 2 aromatic rings. The summed E-state index contributed by atoms with van der Waals surface area (Å²) in [5.41, 5.74) is 1.65. The first-order chi connectivity index (χ1) is 12.1. The number of likely N-dealkylation sites (N-methyl/N-ethyl adjacent to an activating group) is 1. The van der Waals surface area contributed by atoms with Crippen molar-refractivity contribution in [3.8, 4) is 0 Å². The summed E-state index contributed by atoms with van der Waals surface area (Å²) in [5, 5.41) is 9.72. The van der Waals surface area contributed by atoms with Gasteiger partial charge in [0.25, 0.3) is 0 Å². The largest absolute Gasteiger partial charge is 0.354 e. The van der Waals surface area contributed by atoms with Crippen molar-refractivity contribution in [3.05, 3.63) is 36.3 Å². The molecule has 1 aliphatic rings. The van der Waals surface area contributed by atoms with E-state index in [2.05, 4.69) is 37.6 Å².